The van der Waals surface area contributed by atoms with E-state index >= 15 is 0 Å². The molecule has 0 fully saturated rings. The van der Waals surface area contributed by atoms with Gasteiger partial charge in [-0.05, 0) is 68.1 Å². The number of hydrogen-bond acceptors (Lipinski definition) is 4. The Morgan fingerprint density at radius 2 is 1.62 bits per heavy atom. The number of unbranched alkanes of at least 4 members (excludes halogenated alkanes) is 1. The van der Waals surface area contributed by atoms with Gasteiger partial charge in [-0.25, -0.2) is 8.42 Å². The van der Waals surface area contributed by atoms with Gasteiger partial charge in [-0.1, -0.05) is 79.9 Å². The van der Waals surface area contributed by atoms with Crippen molar-refractivity contribution in [2.45, 2.75) is 64.4 Å². The molecular weight excluding hydrogens is 546 g/mol. The van der Waals surface area contributed by atoms with Crippen LogP contribution in [0, 0.1) is 13.8 Å². The Morgan fingerprint density at radius 1 is 0.925 bits per heavy atom. The quantitative estimate of drug-likeness (QED) is 0.255. The number of hydrogen-bond donors (Lipinski definition) is 1. The normalized spacial score (nSPS) is 12.0. The molecule has 1 atom stereocenters. The highest BCUT2D eigenvalue weighted by atomic mass is 35.5. The number of carbonyl (C=O) groups excluding carboxylic acids is 2. The van der Waals surface area contributed by atoms with Crippen molar-refractivity contribution in [3.8, 4) is 0 Å². The van der Waals surface area contributed by atoms with Gasteiger partial charge in [0.05, 0.1) is 10.6 Å². The molecule has 0 aliphatic heterocycles. The lowest BCUT2D eigenvalue weighted by atomic mass is 10.1. The molecule has 1 N–H and O–H groups in total. The molecule has 3 rings (SSSR count). The highest BCUT2D eigenvalue weighted by Crippen LogP contribution is 2.26. The van der Waals surface area contributed by atoms with E-state index < -0.39 is 28.5 Å². The largest absolute Gasteiger partial charge is 0.354 e. The summed E-state index contributed by atoms with van der Waals surface area (Å²) in [4.78, 5) is 28.9. The Hall–Kier alpha value is -3.36. The molecule has 0 heterocycles. The second-order valence-electron chi connectivity index (χ2n) is 9.85. The summed E-state index contributed by atoms with van der Waals surface area (Å²) in [5.74, 6) is -0.783. The second kappa shape index (κ2) is 14.3. The zero-order chi connectivity index (χ0) is 29.3. The molecule has 0 saturated heterocycles. The Balaban J connectivity index is 2.05. The molecule has 40 heavy (non-hydrogen) atoms. The first-order chi connectivity index (χ1) is 19.1. The van der Waals surface area contributed by atoms with Gasteiger partial charge in [0.2, 0.25) is 11.8 Å². The molecule has 0 aliphatic rings. The smallest absolute Gasteiger partial charge is 0.264 e. The van der Waals surface area contributed by atoms with Crippen molar-refractivity contribution in [2.75, 3.05) is 17.4 Å². The first-order valence-electron chi connectivity index (χ1n) is 13.5. The van der Waals surface area contributed by atoms with Crippen LogP contribution in [-0.4, -0.2) is 44.3 Å². The number of aryl methyl sites for hydroxylation is 2. The van der Waals surface area contributed by atoms with E-state index in [0.29, 0.717) is 29.2 Å². The summed E-state index contributed by atoms with van der Waals surface area (Å²) in [5, 5.41) is 3.39. The summed E-state index contributed by atoms with van der Waals surface area (Å²) >= 11 is 6.44. The van der Waals surface area contributed by atoms with Gasteiger partial charge in [0, 0.05) is 18.1 Å². The topological polar surface area (TPSA) is 86.8 Å². The Morgan fingerprint density at radius 3 is 2.25 bits per heavy atom. The molecule has 0 radical (unpaired) electrons. The molecule has 0 aromatic heterocycles. The number of nitrogens with zero attached hydrogens (tertiary/aromatic N) is 2. The Kier molecular flexibility index (Phi) is 11.2. The third-order valence-corrected chi connectivity index (χ3v) is 8.85. The van der Waals surface area contributed by atoms with E-state index in [0.717, 1.165) is 28.3 Å². The van der Waals surface area contributed by atoms with Crippen LogP contribution in [0.5, 0.6) is 0 Å². The van der Waals surface area contributed by atoms with Gasteiger partial charge < -0.3 is 10.2 Å². The van der Waals surface area contributed by atoms with E-state index in [1.54, 1.807) is 48.5 Å². The lowest BCUT2D eigenvalue weighted by molar-refractivity contribution is -0.140. The van der Waals surface area contributed by atoms with Crippen molar-refractivity contribution in [3.63, 3.8) is 0 Å². The standard InChI is InChI=1S/C31H38ClN3O4S/c1-5-7-19-33-31(37)29(6-2)34(21-25-12-8-9-14-28(25)32)30(36)22-35(26-13-10-11-24(4)20-26)40(38,39)27-17-15-23(3)16-18-27/h8-18,20,29H,5-7,19,21-22H2,1-4H3,(H,33,37)/t29-/m1/s1. The summed E-state index contributed by atoms with van der Waals surface area (Å²) in [7, 11) is -4.11. The molecule has 0 saturated carbocycles. The number of anilines is 1. The van der Waals surface area contributed by atoms with E-state index in [4.69, 9.17) is 11.6 Å². The van der Waals surface area contributed by atoms with E-state index in [2.05, 4.69) is 5.32 Å². The van der Waals surface area contributed by atoms with Crippen LogP contribution in [0.1, 0.15) is 49.8 Å². The molecule has 0 bridgehead atoms. The van der Waals surface area contributed by atoms with Crippen molar-refractivity contribution in [1.29, 1.82) is 0 Å². The maximum absolute atomic E-state index is 14.1. The van der Waals surface area contributed by atoms with Crippen LogP contribution in [-0.2, 0) is 26.2 Å². The average molecular weight is 584 g/mol. The van der Waals surface area contributed by atoms with Crippen LogP contribution >= 0.6 is 11.6 Å². The van der Waals surface area contributed by atoms with Crippen LogP contribution < -0.4 is 9.62 Å². The molecule has 3 aromatic rings. The van der Waals surface area contributed by atoms with Crippen LogP contribution in [0.25, 0.3) is 0 Å². The van der Waals surface area contributed by atoms with Crippen LogP contribution in [0.4, 0.5) is 5.69 Å². The van der Waals surface area contributed by atoms with Gasteiger partial charge in [0.25, 0.3) is 10.0 Å². The van der Waals surface area contributed by atoms with Crippen LogP contribution in [0.2, 0.25) is 5.02 Å². The number of rotatable bonds is 13. The summed E-state index contributed by atoms with van der Waals surface area (Å²) in [5.41, 5.74) is 2.81. The molecule has 214 valence electrons. The number of sulfonamides is 1. The minimum Gasteiger partial charge on any atom is -0.354 e. The highest BCUT2D eigenvalue weighted by molar-refractivity contribution is 7.92. The van der Waals surface area contributed by atoms with Gasteiger partial charge in [0.1, 0.15) is 12.6 Å². The number of halogens is 1. The minimum atomic E-state index is -4.11. The van der Waals surface area contributed by atoms with Crippen molar-refractivity contribution < 1.29 is 18.0 Å². The molecule has 0 aliphatic carbocycles. The third kappa shape index (κ3) is 7.86. The lowest BCUT2D eigenvalue weighted by Gasteiger charge is -2.33. The van der Waals surface area contributed by atoms with E-state index in [-0.39, 0.29) is 17.3 Å². The van der Waals surface area contributed by atoms with E-state index in [1.165, 1.54) is 17.0 Å². The van der Waals surface area contributed by atoms with Crippen LogP contribution in [0.15, 0.2) is 77.7 Å². The molecule has 9 heteroatoms. The molecule has 0 spiro atoms. The second-order valence-corrected chi connectivity index (χ2v) is 12.1. The van der Waals surface area contributed by atoms with E-state index in [1.807, 2.05) is 39.8 Å². The van der Waals surface area contributed by atoms with Gasteiger partial charge >= 0.3 is 0 Å². The SMILES string of the molecule is CCCCNC(=O)[C@@H](CC)N(Cc1ccccc1Cl)C(=O)CN(c1cccc(C)c1)S(=O)(=O)c1ccc(C)cc1. The van der Waals surface area contributed by atoms with E-state index in [9.17, 15) is 18.0 Å². The van der Waals surface area contributed by atoms with Crippen molar-refractivity contribution in [2.24, 2.45) is 0 Å². The fraction of sp³-hybridized carbons (Fsp3) is 0.355. The molecule has 3 aromatic carbocycles. The van der Waals surface area contributed by atoms with Crippen molar-refractivity contribution in [3.05, 3.63) is 94.5 Å². The summed E-state index contributed by atoms with van der Waals surface area (Å²) in [6.45, 7) is 7.68. The number of carbonyl (C=O) groups is 2. The predicted molar refractivity (Wildman–Crippen MR) is 161 cm³/mol. The van der Waals surface area contributed by atoms with Gasteiger partial charge in [0.15, 0.2) is 0 Å². The maximum atomic E-state index is 14.1. The molecular formula is C31H38ClN3O4S. The maximum Gasteiger partial charge on any atom is 0.264 e. The highest BCUT2D eigenvalue weighted by Gasteiger charge is 2.33. The summed E-state index contributed by atoms with van der Waals surface area (Å²) in [6, 6.07) is 19.9. The molecule has 0 unspecified atom stereocenters. The monoisotopic (exact) mass is 583 g/mol. The van der Waals surface area contributed by atoms with Gasteiger partial charge in [-0.2, -0.15) is 0 Å². The third-order valence-electron chi connectivity index (χ3n) is 6.69. The first-order valence-corrected chi connectivity index (χ1v) is 15.4. The van der Waals surface area contributed by atoms with Crippen LogP contribution in [0.3, 0.4) is 0 Å². The zero-order valence-electron chi connectivity index (χ0n) is 23.6. The lowest BCUT2D eigenvalue weighted by Crippen LogP contribution is -2.52. The zero-order valence-corrected chi connectivity index (χ0v) is 25.1. The summed E-state index contributed by atoms with van der Waals surface area (Å²) < 4.78 is 29.0. The fourth-order valence-electron chi connectivity index (χ4n) is 4.39. The van der Waals surface area contributed by atoms with Gasteiger partial charge in [-0.15, -0.1) is 0 Å². The Labute approximate surface area is 243 Å². The molecule has 2 amide bonds. The predicted octanol–water partition coefficient (Wildman–Crippen LogP) is 5.88. The van der Waals surface area contributed by atoms with Crippen molar-refractivity contribution >= 4 is 39.1 Å². The summed E-state index contributed by atoms with van der Waals surface area (Å²) in [6.07, 6.45) is 2.08. The molecule has 7 nitrogen and oxygen atoms in total. The van der Waals surface area contributed by atoms with Gasteiger partial charge in [-0.3, -0.25) is 13.9 Å². The Bertz CT molecular complexity index is 1410. The number of amides is 2. The number of nitrogens with one attached hydrogen (secondary N) is 1. The minimum absolute atomic E-state index is 0.0600. The average Bonchev–Trinajstić information content (AvgIpc) is 2.92. The fourth-order valence-corrected chi connectivity index (χ4v) is 5.99. The first kappa shape index (κ1) is 31.2. The number of benzene rings is 3. The van der Waals surface area contributed by atoms with Crippen molar-refractivity contribution in [1.82, 2.24) is 10.2 Å².